The molecule has 0 unspecified atom stereocenters. The highest BCUT2D eigenvalue weighted by molar-refractivity contribution is 6.08. The SMILES string of the molecule is CN(C(=O)c1ccc2ccccc2c1)c1ccc2c(c1)CCCN2C(=O)CCc1ccc(C(=N)N)cc1. The van der Waals surface area contributed by atoms with Crippen LogP contribution in [0.3, 0.4) is 0 Å². The number of aryl methyl sites for hydroxylation is 2. The number of nitrogen functional groups attached to an aromatic ring is 1. The number of anilines is 2. The minimum atomic E-state index is -0.0646. The molecule has 0 spiro atoms. The fourth-order valence-corrected chi connectivity index (χ4v) is 4.92. The Morgan fingerprint density at radius 3 is 2.41 bits per heavy atom. The summed E-state index contributed by atoms with van der Waals surface area (Å²) in [5.41, 5.74) is 10.7. The van der Waals surface area contributed by atoms with E-state index in [0.717, 1.165) is 46.1 Å². The summed E-state index contributed by atoms with van der Waals surface area (Å²) in [6.07, 6.45) is 2.79. The molecule has 186 valence electrons. The third-order valence-corrected chi connectivity index (χ3v) is 7.06. The Morgan fingerprint density at radius 1 is 0.919 bits per heavy atom. The molecule has 3 N–H and O–H groups in total. The topological polar surface area (TPSA) is 90.5 Å². The number of rotatable bonds is 6. The van der Waals surface area contributed by atoms with Crippen LogP contribution in [0.5, 0.6) is 0 Å². The van der Waals surface area contributed by atoms with Gasteiger partial charge in [-0.15, -0.1) is 0 Å². The average molecular weight is 491 g/mol. The van der Waals surface area contributed by atoms with Crippen molar-refractivity contribution in [3.63, 3.8) is 0 Å². The second-order valence-corrected chi connectivity index (χ2v) is 9.50. The zero-order valence-electron chi connectivity index (χ0n) is 20.9. The molecule has 0 aliphatic carbocycles. The van der Waals surface area contributed by atoms with Gasteiger partial charge in [-0.25, -0.2) is 0 Å². The van der Waals surface area contributed by atoms with E-state index < -0.39 is 0 Å². The van der Waals surface area contributed by atoms with E-state index in [1.54, 1.807) is 11.9 Å². The van der Waals surface area contributed by atoms with Gasteiger partial charge in [0, 0.05) is 42.5 Å². The van der Waals surface area contributed by atoms with Crippen LogP contribution in [0, 0.1) is 5.41 Å². The molecule has 6 nitrogen and oxygen atoms in total. The molecule has 0 saturated carbocycles. The third kappa shape index (κ3) is 5.09. The van der Waals surface area contributed by atoms with E-state index in [2.05, 4.69) is 0 Å². The first-order chi connectivity index (χ1) is 17.9. The van der Waals surface area contributed by atoms with Gasteiger partial charge in [-0.2, -0.15) is 0 Å². The molecule has 0 aromatic heterocycles. The van der Waals surface area contributed by atoms with E-state index in [-0.39, 0.29) is 17.6 Å². The van der Waals surface area contributed by atoms with Gasteiger partial charge in [0.05, 0.1) is 0 Å². The first-order valence-electron chi connectivity index (χ1n) is 12.5. The first kappa shape index (κ1) is 24.3. The molecule has 2 amide bonds. The number of fused-ring (bicyclic) bond motifs is 2. The summed E-state index contributed by atoms with van der Waals surface area (Å²) in [4.78, 5) is 29.9. The van der Waals surface area contributed by atoms with Crippen LogP contribution in [-0.2, 0) is 17.6 Å². The van der Waals surface area contributed by atoms with Gasteiger partial charge in [-0.05, 0) is 71.5 Å². The quantitative estimate of drug-likeness (QED) is 0.283. The molecule has 1 heterocycles. The number of nitrogens with zero attached hydrogens (tertiary/aromatic N) is 2. The highest BCUT2D eigenvalue weighted by atomic mass is 16.2. The molecule has 5 rings (SSSR count). The number of benzene rings is 4. The Labute approximate surface area is 216 Å². The molecule has 6 heteroatoms. The molecular formula is C31H30N4O2. The zero-order valence-corrected chi connectivity index (χ0v) is 20.9. The summed E-state index contributed by atoms with van der Waals surface area (Å²) in [7, 11) is 1.79. The van der Waals surface area contributed by atoms with Crippen molar-refractivity contribution in [1.82, 2.24) is 0 Å². The van der Waals surface area contributed by atoms with Crippen molar-refractivity contribution in [3.8, 4) is 0 Å². The minimum absolute atomic E-state index is 0.0385. The minimum Gasteiger partial charge on any atom is -0.384 e. The van der Waals surface area contributed by atoms with Gasteiger partial charge in [0.25, 0.3) is 5.91 Å². The number of carbonyl (C=O) groups excluding carboxylic acids is 2. The van der Waals surface area contributed by atoms with E-state index in [4.69, 9.17) is 11.1 Å². The second-order valence-electron chi connectivity index (χ2n) is 9.50. The van der Waals surface area contributed by atoms with Crippen LogP contribution >= 0.6 is 0 Å². The molecule has 4 aromatic carbocycles. The van der Waals surface area contributed by atoms with Gasteiger partial charge in [0.1, 0.15) is 5.84 Å². The van der Waals surface area contributed by atoms with E-state index in [1.807, 2.05) is 89.8 Å². The van der Waals surface area contributed by atoms with Crippen LogP contribution in [0.25, 0.3) is 10.8 Å². The lowest BCUT2D eigenvalue weighted by atomic mass is 9.99. The van der Waals surface area contributed by atoms with Gasteiger partial charge in [-0.3, -0.25) is 15.0 Å². The third-order valence-electron chi connectivity index (χ3n) is 7.06. The number of nitrogens with one attached hydrogen (secondary N) is 1. The molecule has 0 fully saturated rings. The molecule has 0 atom stereocenters. The van der Waals surface area contributed by atoms with E-state index in [0.29, 0.717) is 30.5 Å². The van der Waals surface area contributed by atoms with Gasteiger partial charge in [0.15, 0.2) is 0 Å². The van der Waals surface area contributed by atoms with Crippen molar-refractivity contribution < 1.29 is 9.59 Å². The number of hydrogen-bond acceptors (Lipinski definition) is 3. The molecular weight excluding hydrogens is 460 g/mol. The smallest absolute Gasteiger partial charge is 0.258 e. The highest BCUT2D eigenvalue weighted by Gasteiger charge is 2.24. The van der Waals surface area contributed by atoms with E-state index in [1.165, 1.54) is 0 Å². The van der Waals surface area contributed by atoms with Crippen LogP contribution < -0.4 is 15.5 Å². The number of amidine groups is 1. The van der Waals surface area contributed by atoms with Crippen molar-refractivity contribution in [2.45, 2.75) is 25.7 Å². The summed E-state index contributed by atoms with van der Waals surface area (Å²) in [5, 5.41) is 9.66. The van der Waals surface area contributed by atoms with Gasteiger partial charge >= 0.3 is 0 Å². The standard InChI is InChI=1S/C31H30N4O2/c1-34(31(37)26-14-13-22-5-2-3-6-24(22)19-26)27-15-16-28-25(20-27)7-4-18-35(28)29(36)17-10-21-8-11-23(12-9-21)30(32)33/h2-3,5-6,8-9,11-16,19-20H,4,7,10,17-18H2,1H3,(H3,32,33). The van der Waals surface area contributed by atoms with Gasteiger partial charge in [-0.1, -0.05) is 54.6 Å². The maximum absolute atomic E-state index is 13.3. The summed E-state index contributed by atoms with van der Waals surface area (Å²) in [6.45, 7) is 0.695. The molecule has 37 heavy (non-hydrogen) atoms. The van der Waals surface area contributed by atoms with Crippen molar-refractivity contribution in [3.05, 3.63) is 107 Å². The number of carbonyl (C=O) groups is 2. The number of hydrogen-bond donors (Lipinski definition) is 2. The Hall–Kier alpha value is -4.45. The lowest BCUT2D eigenvalue weighted by Crippen LogP contribution is -2.36. The molecule has 1 aliphatic heterocycles. The lowest BCUT2D eigenvalue weighted by Gasteiger charge is -2.31. The van der Waals surface area contributed by atoms with Gasteiger partial charge in [0.2, 0.25) is 5.91 Å². The fraction of sp³-hybridized carbons (Fsp3) is 0.194. The molecule has 0 radical (unpaired) electrons. The van der Waals surface area contributed by atoms with Crippen LogP contribution in [0.2, 0.25) is 0 Å². The molecule has 4 aromatic rings. The number of nitrogens with two attached hydrogens (primary N) is 1. The predicted molar refractivity (Wildman–Crippen MR) is 150 cm³/mol. The normalized spacial score (nSPS) is 12.7. The Kier molecular flexibility index (Phi) is 6.73. The molecule has 0 saturated heterocycles. The second kappa shape index (κ2) is 10.3. The van der Waals surface area contributed by atoms with Crippen molar-refractivity contribution >= 4 is 39.8 Å². The predicted octanol–water partition coefficient (Wildman–Crippen LogP) is 5.31. The lowest BCUT2D eigenvalue weighted by molar-refractivity contribution is -0.118. The van der Waals surface area contributed by atoms with Gasteiger partial charge < -0.3 is 15.5 Å². The van der Waals surface area contributed by atoms with E-state index in [9.17, 15) is 9.59 Å². The molecule has 1 aliphatic rings. The maximum Gasteiger partial charge on any atom is 0.258 e. The van der Waals surface area contributed by atoms with Crippen LogP contribution in [0.15, 0.2) is 84.9 Å². The number of amides is 2. The molecule has 0 bridgehead atoms. The van der Waals surface area contributed by atoms with E-state index >= 15 is 0 Å². The monoisotopic (exact) mass is 490 g/mol. The summed E-state index contributed by atoms with van der Waals surface area (Å²) in [6, 6.07) is 27.2. The van der Waals surface area contributed by atoms with Crippen molar-refractivity contribution in [2.24, 2.45) is 5.73 Å². The first-order valence-corrected chi connectivity index (χ1v) is 12.5. The van der Waals surface area contributed by atoms with Crippen LogP contribution in [0.4, 0.5) is 11.4 Å². The van der Waals surface area contributed by atoms with Crippen molar-refractivity contribution in [1.29, 1.82) is 5.41 Å². The Bertz CT molecular complexity index is 1490. The van der Waals surface area contributed by atoms with Crippen LogP contribution in [-0.4, -0.2) is 31.2 Å². The average Bonchev–Trinajstić information content (AvgIpc) is 2.94. The Morgan fingerprint density at radius 2 is 1.65 bits per heavy atom. The summed E-state index contributed by atoms with van der Waals surface area (Å²) < 4.78 is 0. The summed E-state index contributed by atoms with van der Waals surface area (Å²) in [5.74, 6) is 0.0618. The fourth-order valence-electron chi connectivity index (χ4n) is 4.92. The van der Waals surface area contributed by atoms with Crippen LogP contribution in [0.1, 0.15) is 39.9 Å². The largest absolute Gasteiger partial charge is 0.384 e. The maximum atomic E-state index is 13.3. The zero-order chi connectivity index (χ0) is 25.9. The Balaban J connectivity index is 1.29. The van der Waals surface area contributed by atoms with Crippen molar-refractivity contribution in [2.75, 3.05) is 23.4 Å². The highest BCUT2D eigenvalue weighted by Crippen LogP contribution is 2.32. The summed E-state index contributed by atoms with van der Waals surface area (Å²) >= 11 is 0.